The first-order chi connectivity index (χ1) is 5.54. The zero-order valence-electron chi connectivity index (χ0n) is 8.78. The van der Waals surface area contributed by atoms with Crippen LogP contribution in [0.5, 0.6) is 0 Å². The topological polar surface area (TPSA) is 6.48 Å². The molecule has 0 aliphatic carbocycles. The zero-order valence-corrected chi connectivity index (χ0v) is 8.78. The Labute approximate surface area is 75.8 Å². The van der Waals surface area contributed by atoms with Crippen molar-refractivity contribution in [3.05, 3.63) is 12.3 Å². The molecule has 1 aliphatic rings. The summed E-state index contributed by atoms with van der Waals surface area (Å²) < 4.78 is 0. The highest BCUT2D eigenvalue weighted by Gasteiger charge is 2.26. The highest BCUT2D eigenvalue weighted by molar-refractivity contribution is 5.00. The summed E-state index contributed by atoms with van der Waals surface area (Å²) in [4.78, 5) is 0. The van der Waals surface area contributed by atoms with Crippen LogP contribution < -0.4 is 0 Å². The largest absolute Gasteiger partial charge is 0.310 e. The highest BCUT2D eigenvalue weighted by atomic mass is 15.7. The van der Waals surface area contributed by atoms with E-state index >= 15 is 0 Å². The number of hydrogen-bond donors (Lipinski definition) is 0. The van der Waals surface area contributed by atoms with E-state index in [1.165, 1.54) is 0 Å². The van der Waals surface area contributed by atoms with Gasteiger partial charge in [0.15, 0.2) is 0 Å². The third-order valence-electron chi connectivity index (χ3n) is 2.26. The van der Waals surface area contributed by atoms with Gasteiger partial charge in [-0.15, -0.1) is 0 Å². The number of hydrogen-bond acceptors (Lipinski definition) is 2. The number of hydrazine groups is 1. The fraction of sp³-hybridized carbons (Fsp3) is 0.800. The standard InChI is InChI=1S/C10H20N2/c1-8(2)11-7-6-10(5)12(11)9(3)4/h6-10H,1-5H3. The van der Waals surface area contributed by atoms with E-state index in [9.17, 15) is 0 Å². The molecule has 2 heteroatoms. The first kappa shape index (κ1) is 9.59. The van der Waals surface area contributed by atoms with E-state index in [-0.39, 0.29) is 0 Å². The van der Waals surface area contributed by atoms with Crippen LogP contribution in [0, 0.1) is 0 Å². The molecule has 0 aromatic heterocycles. The lowest BCUT2D eigenvalue weighted by Gasteiger charge is -2.38. The Morgan fingerprint density at radius 3 is 2.00 bits per heavy atom. The molecule has 12 heavy (non-hydrogen) atoms. The van der Waals surface area contributed by atoms with Gasteiger partial charge in [-0.05, 0) is 40.7 Å². The predicted octanol–water partition coefficient (Wildman–Crippen LogP) is 2.24. The molecule has 1 unspecified atom stereocenters. The van der Waals surface area contributed by atoms with E-state index < -0.39 is 0 Å². The quantitative estimate of drug-likeness (QED) is 0.624. The molecule has 0 N–H and O–H groups in total. The van der Waals surface area contributed by atoms with Crippen LogP contribution in [0.25, 0.3) is 0 Å². The van der Waals surface area contributed by atoms with Gasteiger partial charge in [0.05, 0.1) is 0 Å². The Morgan fingerprint density at radius 1 is 1.08 bits per heavy atom. The van der Waals surface area contributed by atoms with Crippen molar-refractivity contribution >= 4 is 0 Å². The van der Waals surface area contributed by atoms with Crippen molar-refractivity contribution in [2.24, 2.45) is 0 Å². The minimum Gasteiger partial charge on any atom is -0.310 e. The molecule has 0 saturated carbocycles. The summed E-state index contributed by atoms with van der Waals surface area (Å²) >= 11 is 0. The molecule has 70 valence electrons. The molecule has 1 atom stereocenters. The van der Waals surface area contributed by atoms with Gasteiger partial charge in [0.25, 0.3) is 0 Å². The van der Waals surface area contributed by atoms with Crippen molar-refractivity contribution in [2.75, 3.05) is 0 Å². The minimum atomic E-state index is 0.549. The summed E-state index contributed by atoms with van der Waals surface area (Å²) in [5.74, 6) is 0. The van der Waals surface area contributed by atoms with Crippen molar-refractivity contribution in [1.29, 1.82) is 0 Å². The maximum Gasteiger partial charge on any atom is 0.0465 e. The maximum absolute atomic E-state index is 2.41. The highest BCUT2D eigenvalue weighted by Crippen LogP contribution is 2.20. The van der Waals surface area contributed by atoms with E-state index in [1.54, 1.807) is 0 Å². The van der Waals surface area contributed by atoms with E-state index in [1.807, 2.05) is 0 Å². The summed E-state index contributed by atoms with van der Waals surface area (Å²) in [6.45, 7) is 11.1. The lowest BCUT2D eigenvalue weighted by Crippen LogP contribution is -2.47. The molecular formula is C10H20N2. The molecule has 0 amide bonds. The molecule has 2 nitrogen and oxygen atoms in total. The van der Waals surface area contributed by atoms with Gasteiger partial charge in [-0.25, -0.2) is 5.01 Å². The molecule has 0 radical (unpaired) electrons. The number of rotatable bonds is 2. The van der Waals surface area contributed by atoms with Gasteiger partial charge in [0.2, 0.25) is 0 Å². The predicted molar refractivity (Wildman–Crippen MR) is 52.6 cm³/mol. The van der Waals surface area contributed by atoms with Crippen LogP contribution >= 0.6 is 0 Å². The van der Waals surface area contributed by atoms with Crippen LogP contribution in [-0.4, -0.2) is 28.1 Å². The molecule has 1 rings (SSSR count). The monoisotopic (exact) mass is 168 g/mol. The Morgan fingerprint density at radius 2 is 1.67 bits per heavy atom. The Bertz CT molecular complexity index is 173. The van der Waals surface area contributed by atoms with Gasteiger partial charge in [0.1, 0.15) is 0 Å². The number of nitrogens with zero attached hydrogens (tertiary/aromatic N) is 2. The Hall–Kier alpha value is -0.500. The first-order valence-corrected chi connectivity index (χ1v) is 4.79. The summed E-state index contributed by atoms with van der Waals surface area (Å²) in [7, 11) is 0. The Kier molecular flexibility index (Phi) is 2.78. The van der Waals surface area contributed by atoms with Gasteiger partial charge < -0.3 is 5.01 Å². The van der Waals surface area contributed by atoms with E-state index in [0.29, 0.717) is 18.1 Å². The molecule has 0 spiro atoms. The molecule has 0 aromatic carbocycles. The van der Waals surface area contributed by atoms with Crippen molar-refractivity contribution in [2.45, 2.75) is 52.7 Å². The Balaban J connectivity index is 2.69. The van der Waals surface area contributed by atoms with Crippen molar-refractivity contribution in [3.8, 4) is 0 Å². The van der Waals surface area contributed by atoms with Gasteiger partial charge in [-0.1, -0.05) is 0 Å². The van der Waals surface area contributed by atoms with E-state index in [2.05, 4.69) is 56.9 Å². The molecule has 0 bridgehead atoms. The molecule has 0 fully saturated rings. The van der Waals surface area contributed by atoms with Gasteiger partial charge >= 0.3 is 0 Å². The fourth-order valence-electron chi connectivity index (χ4n) is 1.76. The lowest BCUT2D eigenvalue weighted by molar-refractivity contribution is -0.0312. The summed E-state index contributed by atoms with van der Waals surface area (Å²) in [5.41, 5.74) is 0. The third kappa shape index (κ3) is 1.63. The summed E-state index contributed by atoms with van der Waals surface area (Å²) in [6.07, 6.45) is 4.44. The lowest BCUT2D eigenvalue weighted by atomic mass is 10.3. The average molecular weight is 168 g/mol. The van der Waals surface area contributed by atoms with Crippen molar-refractivity contribution < 1.29 is 0 Å². The minimum absolute atomic E-state index is 0.549. The van der Waals surface area contributed by atoms with Crippen molar-refractivity contribution in [3.63, 3.8) is 0 Å². The molecular weight excluding hydrogens is 148 g/mol. The van der Waals surface area contributed by atoms with Crippen LogP contribution in [0.2, 0.25) is 0 Å². The van der Waals surface area contributed by atoms with E-state index in [4.69, 9.17) is 0 Å². The van der Waals surface area contributed by atoms with Crippen LogP contribution in [-0.2, 0) is 0 Å². The fourth-order valence-corrected chi connectivity index (χ4v) is 1.76. The smallest absolute Gasteiger partial charge is 0.0465 e. The first-order valence-electron chi connectivity index (χ1n) is 4.79. The third-order valence-corrected chi connectivity index (χ3v) is 2.26. The normalized spacial score (nSPS) is 24.9. The second-order valence-electron chi connectivity index (χ2n) is 4.03. The SMILES string of the molecule is CC(C)N1C=CC(C)N1C(C)C. The maximum atomic E-state index is 2.41. The van der Waals surface area contributed by atoms with Gasteiger partial charge in [-0.2, -0.15) is 0 Å². The molecule has 1 heterocycles. The second kappa shape index (κ2) is 3.48. The molecule has 0 aromatic rings. The second-order valence-corrected chi connectivity index (χ2v) is 4.03. The summed E-state index contributed by atoms with van der Waals surface area (Å²) in [5, 5.41) is 4.72. The van der Waals surface area contributed by atoms with Crippen LogP contribution in [0.3, 0.4) is 0 Å². The van der Waals surface area contributed by atoms with Gasteiger partial charge in [-0.3, -0.25) is 0 Å². The zero-order chi connectivity index (χ0) is 9.30. The van der Waals surface area contributed by atoms with E-state index in [0.717, 1.165) is 0 Å². The van der Waals surface area contributed by atoms with Crippen molar-refractivity contribution in [1.82, 2.24) is 10.0 Å². The van der Waals surface area contributed by atoms with Crippen LogP contribution in [0.4, 0.5) is 0 Å². The summed E-state index contributed by atoms with van der Waals surface area (Å²) in [6, 6.07) is 1.69. The average Bonchev–Trinajstić information content (AvgIpc) is 2.30. The molecule has 0 saturated heterocycles. The molecule has 1 aliphatic heterocycles. The van der Waals surface area contributed by atoms with Gasteiger partial charge in [0, 0.05) is 24.3 Å². The van der Waals surface area contributed by atoms with Crippen LogP contribution in [0.1, 0.15) is 34.6 Å². The van der Waals surface area contributed by atoms with Crippen LogP contribution in [0.15, 0.2) is 12.3 Å².